The number of hydrogen-bond donors (Lipinski definition) is 1. The molecule has 1 amide bonds. The molecule has 20 heavy (non-hydrogen) atoms. The maximum absolute atomic E-state index is 12.1. The van der Waals surface area contributed by atoms with Crippen LogP contribution in [0.15, 0.2) is 36.4 Å². The lowest BCUT2D eigenvalue weighted by molar-refractivity contribution is 0.102. The Hall–Kier alpha value is -1.58. The fourth-order valence-electron chi connectivity index (χ4n) is 1.81. The molecule has 104 valence electrons. The molecule has 5 heteroatoms. The Labute approximate surface area is 127 Å². The third-order valence-electron chi connectivity index (χ3n) is 2.78. The molecule has 0 saturated carbocycles. The van der Waals surface area contributed by atoms with Crippen molar-refractivity contribution in [3.63, 3.8) is 0 Å². The second-order valence-corrected chi connectivity index (χ2v) is 5.16. The molecule has 0 saturated heterocycles. The lowest BCUT2D eigenvalue weighted by Crippen LogP contribution is -2.14. The zero-order chi connectivity index (χ0) is 14.5. The van der Waals surface area contributed by atoms with Gasteiger partial charge in [0.2, 0.25) is 0 Å². The topological polar surface area (TPSA) is 42.0 Å². The van der Waals surface area contributed by atoms with E-state index in [1.165, 1.54) is 5.56 Å². The lowest BCUT2D eigenvalue weighted by Gasteiger charge is -2.07. The van der Waals surface area contributed by atoms with Crippen molar-refractivity contribution in [1.29, 1.82) is 0 Å². The third kappa shape index (κ3) is 3.71. The SMILES string of the molecule is CCCc1ccc(NC(=O)c2nc(Cl)ccc2Cl)cc1. The van der Waals surface area contributed by atoms with E-state index < -0.39 is 0 Å². The number of nitrogens with zero attached hydrogens (tertiary/aromatic N) is 1. The summed E-state index contributed by atoms with van der Waals surface area (Å²) in [6, 6.07) is 10.8. The molecule has 0 bridgehead atoms. The van der Waals surface area contributed by atoms with E-state index in [1.807, 2.05) is 24.3 Å². The number of pyridine rings is 1. The van der Waals surface area contributed by atoms with E-state index in [2.05, 4.69) is 17.2 Å². The number of nitrogens with one attached hydrogen (secondary N) is 1. The number of aryl methyl sites for hydroxylation is 1. The zero-order valence-electron chi connectivity index (χ0n) is 11.0. The Morgan fingerprint density at radius 3 is 2.50 bits per heavy atom. The van der Waals surface area contributed by atoms with Gasteiger partial charge in [0.05, 0.1) is 5.02 Å². The summed E-state index contributed by atoms with van der Waals surface area (Å²) in [7, 11) is 0. The molecule has 0 fully saturated rings. The maximum Gasteiger partial charge on any atom is 0.275 e. The van der Waals surface area contributed by atoms with E-state index in [1.54, 1.807) is 12.1 Å². The normalized spacial score (nSPS) is 10.3. The van der Waals surface area contributed by atoms with Gasteiger partial charge in [-0.2, -0.15) is 0 Å². The predicted molar refractivity (Wildman–Crippen MR) is 82.6 cm³/mol. The van der Waals surface area contributed by atoms with Gasteiger partial charge < -0.3 is 5.32 Å². The van der Waals surface area contributed by atoms with E-state index in [-0.39, 0.29) is 21.8 Å². The molecule has 0 atom stereocenters. The number of amides is 1. The summed E-state index contributed by atoms with van der Waals surface area (Å²) in [5, 5.41) is 3.26. The van der Waals surface area contributed by atoms with Gasteiger partial charge in [0.15, 0.2) is 0 Å². The third-order valence-corrected chi connectivity index (χ3v) is 3.29. The van der Waals surface area contributed by atoms with Crippen molar-refractivity contribution >= 4 is 34.8 Å². The highest BCUT2D eigenvalue weighted by molar-refractivity contribution is 6.35. The fraction of sp³-hybridized carbons (Fsp3) is 0.200. The van der Waals surface area contributed by atoms with E-state index in [4.69, 9.17) is 23.2 Å². The predicted octanol–water partition coefficient (Wildman–Crippen LogP) is 4.59. The first-order valence-electron chi connectivity index (χ1n) is 6.32. The molecule has 0 radical (unpaired) electrons. The summed E-state index contributed by atoms with van der Waals surface area (Å²) in [4.78, 5) is 16.0. The van der Waals surface area contributed by atoms with E-state index >= 15 is 0 Å². The van der Waals surface area contributed by atoms with Gasteiger partial charge in [0, 0.05) is 5.69 Å². The molecule has 0 unspecified atom stereocenters. The van der Waals surface area contributed by atoms with Crippen LogP contribution in [0.25, 0.3) is 0 Å². The molecule has 0 aliphatic carbocycles. The molecule has 0 aliphatic heterocycles. The Morgan fingerprint density at radius 2 is 1.85 bits per heavy atom. The van der Waals surface area contributed by atoms with Crippen molar-refractivity contribution in [3.05, 3.63) is 57.8 Å². The fourth-order valence-corrected chi connectivity index (χ4v) is 2.15. The van der Waals surface area contributed by atoms with Gasteiger partial charge in [-0.15, -0.1) is 0 Å². The summed E-state index contributed by atoms with van der Waals surface area (Å²) in [5.74, 6) is -0.374. The number of anilines is 1. The smallest absolute Gasteiger partial charge is 0.275 e. The Bertz CT molecular complexity index is 612. The van der Waals surface area contributed by atoms with Gasteiger partial charge in [0.1, 0.15) is 10.8 Å². The maximum atomic E-state index is 12.1. The second kappa shape index (κ2) is 6.73. The van der Waals surface area contributed by atoms with Crippen molar-refractivity contribution in [2.75, 3.05) is 5.32 Å². The quantitative estimate of drug-likeness (QED) is 0.839. The molecule has 1 heterocycles. The summed E-state index contributed by atoms with van der Waals surface area (Å²) in [6.45, 7) is 2.13. The summed E-state index contributed by atoms with van der Waals surface area (Å²) >= 11 is 11.7. The van der Waals surface area contributed by atoms with Crippen LogP contribution in [-0.4, -0.2) is 10.9 Å². The number of hydrogen-bond acceptors (Lipinski definition) is 2. The monoisotopic (exact) mass is 308 g/mol. The molecule has 1 N–H and O–H groups in total. The molecule has 0 aliphatic rings. The zero-order valence-corrected chi connectivity index (χ0v) is 12.5. The van der Waals surface area contributed by atoms with Crippen LogP contribution in [0.3, 0.4) is 0 Å². The number of carbonyl (C=O) groups excluding carboxylic acids is 1. The van der Waals surface area contributed by atoms with Crippen molar-refractivity contribution in [2.24, 2.45) is 0 Å². The Kier molecular flexibility index (Phi) is 4.99. The highest BCUT2D eigenvalue weighted by Crippen LogP contribution is 2.19. The summed E-state index contributed by atoms with van der Waals surface area (Å²) in [5.41, 5.74) is 2.06. The van der Waals surface area contributed by atoms with Gasteiger partial charge >= 0.3 is 0 Å². The van der Waals surface area contributed by atoms with Crippen LogP contribution in [0.5, 0.6) is 0 Å². The minimum Gasteiger partial charge on any atom is -0.321 e. The van der Waals surface area contributed by atoms with E-state index in [0.717, 1.165) is 12.8 Å². The highest BCUT2D eigenvalue weighted by atomic mass is 35.5. The lowest BCUT2D eigenvalue weighted by atomic mass is 10.1. The summed E-state index contributed by atoms with van der Waals surface area (Å²) < 4.78 is 0. The molecule has 2 rings (SSSR count). The second-order valence-electron chi connectivity index (χ2n) is 4.37. The standard InChI is InChI=1S/C15H14Cl2N2O/c1-2-3-10-4-6-11(7-5-10)18-15(20)14-12(16)8-9-13(17)19-14/h4-9H,2-3H2,1H3,(H,18,20). The average molecular weight is 309 g/mol. The molecular formula is C15H14Cl2N2O. The number of aromatic nitrogens is 1. The van der Waals surface area contributed by atoms with Crippen molar-refractivity contribution in [1.82, 2.24) is 4.98 Å². The number of benzene rings is 1. The minimum atomic E-state index is -0.374. The van der Waals surface area contributed by atoms with Crippen molar-refractivity contribution < 1.29 is 4.79 Å². The number of rotatable bonds is 4. The van der Waals surface area contributed by atoms with Gasteiger partial charge in [-0.3, -0.25) is 4.79 Å². The van der Waals surface area contributed by atoms with Crippen LogP contribution in [-0.2, 0) is 6.42 Å². The van der Waals surface area contributed by atoms with Crippen LogP contribution >= 0.6 is 23.2 Å². The molecule has 2 aromatic rings. The summed E-state index contributed by atoms with van der Waals surface area (Å²) in [6.07, 6.45) is 2.11. The Balaban J connectivity index is 2.13. The Morgan fingerprint density at radius 1 is 1.15 bits per heavy atom. The van der Waals surface area contributed by atoms with Crippen LogP contribution < -0.4 is 5.32 Å². The van der Waals surface area contributed by atoms with Crippen molar-refractivity contribution in [3.8, 4) is 0 Å². The molecule has 3 nitrogen and oxygen atoms in total. The highest BCUT2D eigenvalue weighted by Gasteiger charge is 2.13. The van der Waals surface area contributed by atoms with Gasteiger partial charge in [0.25, 0.3) is 5.91 Å². The first kappa shape index (κ1) is 14.8. The van der Waals surface area contributed by atoms with Crippen molar-refractivity contribution in [2.45, 2.75) is 19.8 Å². The van der Waals surface area contributed by atoms with Crippen LogP contribution in [0.4, 0.5) is 5.69 Å². The first-order valence-corrected chi connectivity index (χ1v) is 7.08. The van der Waals surface area contributed by atoms with Crippen LogP contribution in [0.1, 0.15) is 29.4 Å². The van der Waals surface area contributed by atoms with Crippen LogP contribution in [0, 0.1) is 0 Å². The molecule has 1 aromatic heterocycles. The minimum absolute atomic E-state index is 0.122. The van der Waals surface area contributed by atoms with Gasteiger partial charge in [-0.25, -0.2) is 4.98 Å². The largest absolute Gasteiger partial charge is 0.321 e. The molecular weight excluding hydrogens is 295 g/mol. The van der Waals surface area contributed by atoms with Crippen LogP contribution in [0.2, 0.25) is 10.2 Å². The van der Waals surface area contributed by atoms with Gasteiger partial charge in [-0.1, -0.05) is 48.7 Å². The molecule has 1 aromatic carbocycles. The first-order chi connectivity index (χ1) is 9.60. The average Bonchev–Trinajstić information content (AvgIpc) is 2.44. The van der Waals surface area contributed by atoms with E-state index in [0.29, 0.717) is 5.69 Å². The number of halogens is 2. The van der Waals surface area contributed by atoms with Gasteiger partial charge in [-0.05, 0) is 36.2 Å². The number of carbonyl (C=O) groups is 1. The van der Waals surface area contributed by atoms with E-state index in [9.17, 15) is 4.79 Å². The molecule has 0 spiro atoms.